The Kier molecular flexibility index (Phi) is 4.25. The third-order valence-corrected chi connectivity index (χ3v) is 5.69. The van der Waals surface area contributed by atoms with Crippen LogP contribution in [0.3, 0.4) is 0 Å². The van der Waals surface area contributed by atoms with Gasteiger partial charge in [0.2, 0.25) is 0 Å². The van der Waals surface area contributed by atoms with Gasteiger partial charge in [-0.05, 0) is 57.7 Å². The number of nitrogens with zero attached hydrogens (tertiary/aromatic N) is 1. The van der Waals surface area contributed by atoms with Gasteiger partial charge in [-0.15, -0.1) is 11.3 Å². The number of hydrogen-bond donors (Lipinski definition) is 1. The van der Waals surface area contributed by atoms with Crippen molar-refractivity contribution in [3.05, 3.63) is 21.9 Å². The van der Waals surface area contributed by atoms with Gasteiger partial charge >= 0.3 is 0 Å². The first kappa shape index (κ1) is 13.6. The minimum atomic E-state index is 0.777. The van der Waals surface area contributed by atoms with Gasteiger partial charge in [-0.1, -0.05) is 6.92 Å². The number of thiophene rings is 1. The van der Waals surface area contributed by atoms with Crippen molar-refractivity contribution < 1.29 is 0 Å². The predicted octanol–water partition coefficient (Wildman–Crippen LogP) is 3.55. The van der Waals surface area contributed by atoms with Crippen LogP contribution in [-0.4, -0.2) is 29.6 Å². The number of aryl methyl sites for hydroxylation is 1. The van der Waals surface area contributed by atoms with Crippen LogP contribution in [0.5, 0.6) is 0 Å². The minimum absolute atomic E-state index is 0.777. The van der Waals surface area contributed by atoms with Crippen LogP contribution in [0, 0.1) is 6.92 Å². The van der Waals surface area contributed by atoms with Crippen molar-refractivity contribution in [1.29, 1.82) is 0 Å². The van der Waals surface area contributed by atoms with E-state index in [0.717, 1.165) is 18.1 Å². The Morgan fingerprint density at radius 1 is 1.26 bits per heavy atom. The fraction of sp³-hybridized carbons (Fsp3) is 0.750. The molecular weight excluding hydrogens is 252 g/mol. The number of nitrogens with one attached hydrogen (secondary N) is 1. The molecule has 0 aliphatic carbocycles. The molecule has 0 spiro atoms. The molecule has 3 heteroatoms. The summed E-state index contributed by atoms with van der Waals surface area (Å²) in [6.07, 6.45) is 6.81. The van der Waals surface area contributed by atoms with Gasteiger partial charge in [0.1, 0.15) is 0 Å². The Labute approximate surface area is 121 Å². The molecule has 2 bridgehead atoms. The van der Waals surface area contributed by atoms with E-state index in [1.54, 1.807) is 4.88 Å². The Bertz CT molecular complexity index is 401. The Morgan fingerprint density at radius 2 is 2.00 bits per heavy atom. The fourth-order valence-corrected chi connectivity index (χ4v) is 4.70. The summed E-state index contributed by atoms with van der Waals surface area (Å²) < 4.78 is 0. The van der Waals surface area contributed by atoms with E-state index in [1.165, 1.54) is 50.1 Å². The van der Waals surface area contributed by atoms with E-state index in [1.807, 2.05) is 11.3 Å². The lowest BCUT2D eigenvalue weighted by Crippen LogP contribution is -2.48. The van der Waals surface area contributed by atoms with Crippen molar-refractivity contribution in [3.63, 3.8) is 0 Å². The third kappa shape index (κ3) is 3.04. The van der Waals surface area contributed by atoms with Crippen molar-refractivity contribution >= 4 is 11.3 Å². The molecule has 1 aromatic rings. The van der Waals surface area contributed by atoms with Crippen molar-refractivity contribution in [2.45, 2.75) is 70.6 Å². The summed E-state index contributed by atoms with van der Waals surface area (Å²) >= 11 is 1.97. The third-order valence-electron chi connectivity index (χ3n) is 4.70. The second kappa shape index (κ2) is 5.94. The summed E-state index contributed by atoms with van der Waals surface area (Å²) in [7, 11) is 0. The van der Waals surface area contributed by atoms with Gasteiger partial charge in [0, 0.05) is 34.4 Å². The first-order valence-electron chi connectivity index (χ1n) is 7.80. The second-order valence-electron chi connectivity index (χ2n) is 6.19. The van der Waals surface area contributed by atoms with Gasteiger partial charge in [0.15, 0.2) is 0 Å². The molecule has 3 rings (SSSR count). The molecular formula is C16H26N2S. The average Bonchev–Trinajstić information content (AvgIpc) is 2.89. The highest BCUT2D eigenvalue weighted by Gasteiger charge is 2.40. The quantitative estimate of drug-likeness (QED) is 0.886. The maximum Gasteiger partial charge on any atom is 0.0333 e. The van der Waals surface area contributed by atoms with Crippen LogP contribution < -0.4 is 5.32 Å². The molecule has 2 saturated heterocycles. The van der Waals surface area contributed by atoms with Crippen molar-refractivity contribution in [2.24, 2.45) is 0 Å². The highest BCUT2D eigenvalue weighted by Crippen LogP contribution is 2.37. The zero-order valence-electron chi connectivity index (χ0n) is 12.2. The second-order valence-corrected chi connectivity index (χ2v) is 7.56. The smallest absolute Gasteiger partial charge is 0.0333 e. The normalized spacial score (nSPS) is 30.9. The summed E-state index contributed by atoms with van der Waals surface area (Å²) in [6, 6.07) is 7.02. The summed E-state index contributed by atoms with van der Waals surface area (Å²) in [6.45, 7) is 6.85. The number of piperidine rings is 1. The summed E-state index contributed by atoms with van der Waals surface area (Å²) in [5, 5.41) is 3.74. The molecule has 2 aliphatic rings. The summed E-state index contributed by atoms with van der Waals surface area (Å²) in [5.41, 5.74) is 0. The van der Waals surface area contributed by atoms with E-state index in [2.05, 4.69) is 36.2 Å². The highest BCUT2D eigenvalue weighted by atomic mass is 32.1. The van der Waals surface area contributed by atoms with E-state index in [0.29, 0.717) is 0 Å². The maximum atomic E-state index is 3.74. The predicted molar refractivity (Wildman–Crippen MR) is 82.7 cm³/mol. The molecule has 2 atom stereocenters. The van der Waals surface area contributed by atoms with Crippen LogP contribution in [0.4, 0.5) is 0 Å². The lowest BCUT2D eigenvalue weighted by atomic mass is 9.97. The standard InChI is InChI=1S/C16H26N2S/c1-3-8-17-13-9-14-5-6-15(10-13)18(14)11-16-7-4-12(2)19-16/h4,7,13-15,17H,3,5-6,8-11H2,1-2H3. The van der Waals surface area contributed by atoms with Crippen molar-refractivity contribution in [1.82, 2.24) is 10.2 Å². The van der Waals surface area contributed by atoms with Crippen LogP contribution in [0.2, 0.25) is 0 Å². The van der Waals surface area contributed by atoms with Gasteiger partial charge in [-0.25, -0.2) is 0 Å². The van der Waals surface area contributed by atoms with Gasteiger partial charge in [-0.2, -0.15) is 0 Å². The first-order valence-corrected chi connectivity index (χ1v) is 8.62. The highest BCUT2D eigenvalue weighted by molar-refractivity contribution is 7.11. The van der Waals surface area contributed by atoms with Crippen LogP contribution in [-0.2, 0) is 6.54 Å². The fourth-order valence-electron chi connectivity index (χ4n) is 3.80. The molecule has 2 nitrogen and oxygen atoms in total. The lowest BCUT2D eigenvalue weighted by Gasteiger charge is -2.39. The zero-order chi connectivity index (χ0) is 13.2. The molecule has 3 heterocycles. The minimum Gasteiger partial charge on any atom is -0.314 e. The molecule has 2 fully saturated rings. The average molecular weight is 278 g/mol. The van der Waals surface area contributed by atoms with Crippen molar-refractivity contribution in [2.75, 3.05) is 6.54 Å². The molecule has 1 N–H and O–H groups in total. The first-order chi connectivity index (χ1) is 9.26. The summed E-state index contributed by atoms with van der Waals surface area (Å²) in [5.74, 6) is 0. The van der Waals surface area contributed by atoms with Gasteiger partial charge in [0.25, 0.3) is 0 Å². The molecule has 106 valence electrons. The number of fused-ring (bicyclic) bond motifs is 2. The van der Waals surface area contributed by atoms with Gasteiger partial charge in [0.05, 0.1) is 0 Å². The van der Waals surface area contributed by atoms with Crippen LogP contribution in [0.25, 0.3) is 0 Å². The molecule has 0 saturated carbocycles. The Hall–Kier alpha value is -0.380. The SMILES string of the molecule is CCCNC1CC2CCC(C1)N2Cc1ccc(C)s1. The molecule has 2 aliphatic heterocycles. The molecule has 0 amide bonds. The van der Waals surface area contributed by atoms with E-state index in [-0.39, 0.29) is 0 Å². The molecule has 1 aromatic heterocycles. The van der Waals surface area contributed by atoms with Crippen LogP contribution in [0.1, 0.15) is 48.8 Å². The van der Waals surface area contributed by atoms with Crippen LogP contribution >= 0.6 is 11.3 Å². The largest absolute Gasteiger partial charge is 0.314 e. The van der Waals surface area contributed by atoms with E-state index < -0.39 is 0 Å². The van der Waals surface area contributed by atoms with Gasteiger partial charge < -0.3 is 5.32 Å². The molecule has 2 unspecified atom stereocenters. The summed E-state index contributed by atoms with van der Waals surface area (Å²) in [4.78, 5) is 5.78. The van der Waals surface area contributed by atoms with E-state index in [4.69, 9.17) is 0 Å². The van der Waals surface area contributed by atoms with Gasteiger partial charge in [-0.3, -0.25) is 4.90 Å². The zero-order valence-corrected chi connectivity index (χ0v) is 13.0. The van der Waals surface area contributed by atoms with E-state index in [9.17, 15) is 0 Å². The lowest BCUT2D eigenvalue weighted by molar-refractivity contribution is 0.110. The molecule has 19 heavy (non-hydrogen) atoms. The Balaban J connectivity index is 1.60. The maximum absolute atomic E-state index is 3.74. The number of hydrogen-bond acceptors (Lipinski definition) is 3. The molecule has 0 radical (unpaired) electrons. The van der Waals surface area contributed by atoms with Crippen molar-refractivity contribution in [3.8, 4) is 0 Å². The topological polar surface area (TPSA) is 15.3 Å². The van der Waals surface area contributed by atoms with Crippen LogP contribution in [0.15, 0.2) is 12.1 Å². The molecule has 0 aromatic carbocycles. The Morgan fingerprint density at radius 3 is 2.58 bits per heavy atom. The van der Waals surface area contributed by atoms with E-state index >= 15 is 0 Å². The monoisotopic (exact) mass is 278 g/mol. The number of rotatable bonds is 5.